The van der Waals surface area contributed by atoms with Gasteiger partial charge in [-0.05, 0) is 30.7 Å². The van der Waals surface area contributed by atoms with E-state index in [4.69, 9.17) is 21.1 Å². The third-order valence-electron chi connectivity index (χ3n) is 3.42. The molecular weight excluding hydrogens is 346 g/mol. The van der Waals surface area contributed by atoms with Gasteiger partial charge in [0.25, 0.3) is 5.91 Å². The number of carbonyl (C=O) groups is 2. The Kier molecular flexibility index (Phi) is 6.38. The van der Waals surface area contributed by atoms with Crippen LogP contribution in [0.4, 0.5) is 5.69 Å². The van der Waals surface area contributed by atoms with Crippen LogP contribution in [0.25, 0.3) is 0 Å². The third kappa shape index (κ3) is 4.95. The second-order valence-electron chi connectivity index (χ2n) is 5.23. The minimum absolute atomic E-state index is 0.353. The number of aliphatic hydroxyl groups excluding tert-OH is 1. The number of halogens is 1. The number of nitrogens with one attached hydrogen (secondary N) is 1. The standard InChI is InChI=1S/C18H18ClNO5/c1-11(25-18(23)16(21)12-6-4-3-5-7-12)17(22)20-14-10-13(19)8-9-15(14)24-2/h3-11,16,21H,1-2H3,(H,20,22)/t11-,16-/m1/s1. The van der Waals surface area contributed by atoms with E-state index in [1.807, 2.05) is 0 Å². The van der Waals surface area contributed by atoms with E-state index in [0.29, 0.717) is 22.0 Å². The zero-order chi connectivity index (χ0) is 18.4. The minimum atomic E-state index is -1.46. The van der Waals surface area contributed by atoms with E-state index in [-0.39, 0.29) is 0 Å². The third-order valence-corrected chi connectivity index (χ3v) is 3.66. The van der Waals surface area contributed by atoms with Crippen LogP contribution in [-0.4, -0.2) is 30.2 Å². The van der Waals surface area contributed by atoms with Crippen molar-refractivity contribution in [1.82, 2.24) is 0 Å². The van der Waals surface area contributed by atoms with Crippen LogP contribution in [0.15, 0.2) is 48.5 Å². The second-order valence-corrected chi connectivity index (χ2v) is 5.66. The van der Waals surface area contributed by atoms with Crippen molar-refractivity contribution in [2.24, 2.45) is 0 Å². The zero-order valence-corrected chi connectivity index (χ0v) is 14.5. The largest absolute Gasteiger partial charge is 0.495 e. The molecule has 0 saturated heterocycles. The molecule has 0 bridgehead atoms. The number of anilines is 1. The maximum atomic E-state index is 12.2. The van der Waals surface area contributed by atoms with E-state index in [9.17, 15) is 14.7 Å². The van der Waals surface area contributed by atoms with Crippen molar-refractivity contribution in [3.63, 3.8) is 0 Å². The molecule has 2 rings (SSSR count). The van der Waals surface area contributed by atoms with Gasteiger partial charge in [0.1, 0.15) is 5.75 Å². The van der Waals surface area contributed by atoms with E-state index in [1.54, 1.807) is 42.5 Å². The summed E-state index contributed by atoms with van der Waals surface area (Å²) in [6.45, 7) is 1.40. The Hall–Kier alpha value is -2.57. The summed E-state index contributed by atoms with van der Waals surface area (Å²) in [5.41, 5.74) is 0.739. The lowest BCUT2D eigenvalue weighted by Gasteiger charge is -2.17. The van der Waals surface area contributed by atoms with Crippen molar-refractivity contribution in [3.8, 4) is 5.75 Å². The molecule has 0 aliphatic rings. The fraction of sp³-hybridized carbons (Fsp3) is 0.222. The van der Waals surface area contributed by atoms with Crippen molar-refractivity contribution in [2.75, 3.05) is 12.4 Å². The van der Waals surface area contributed by atoms with Crippen LogP contribution in [0.3, 0.4) is 0 Å². The highest BCUT2D eigenvalue weighted by Gasteiger charge is 2.25. The molecule has 2 atom stereocenters. The molecule has 0 aliphatic heterocycles. The molecule has 25 heavy (non-hydrogen) atoms. The number of amides is 1. The predicted molar refractivity (Wildman–Crippen MR) is 93.6 cm³/mol. The van der Waals surface area contributed by atoms with E-state index in [2.05, 4.69) is 5.32 Å². The van der Waals surface area contributed by atoms with Crippen LogP contribution in [0, 0.1) is 0 Å². The average molecular weight is 364 g/mol. The molecule has 0 radical (unpaired) electrons. The summed E-state index contributed by atoms with van der Waals surface area (Å²) in [5.74, 6) is -1.07. The number of carbonyl (C=O) groups excluding carboxylic acids is 2. The average Bonchev–Trinajstić information content (AvgIpc) is 2.61. The van der Waals surface area contributed by atoms with Crippen LogP contribution in [-0.2, 0) is 14.3 Å². The number of aliphatic hydroxyl groups is 1. The lowest BCUT2D eigenvalue weighted by molar-refractivity contribution is -0.162. The Bertz CT molecular complexity index is 750. The Balaban J connectivity index is 2.01. The molecule has 2 aromatic rings. The molecule has 0 unspecified atom stereocenters. The molecule has 0 aromatic heterocycles. The highest BCUT2D eigenvalue weighted by atomic mass is 35.5. The lowest BCUT2D eigenvalue weighted by atomic mass is 10.1. The van der Waals surface area contributed by atoms with Gasteiger partial charge in [0.05, 0.1) is 12.8 Å². The Morgan fingerprint density at radius 2 is 1.84 bits per heavy atom. The van der Waals surface area contributed by atoms with Crippen LogP contribution < -0.4 is 10.1 Å². The van der Waals surface area contributed by atoms with E-state index < -0.39 is 24.1 Å². The second kappa shape index (κ2) is 8.50. The summed E-state index contributed by atoms with van der Waals surface area (Å²) in [6.07, 6.45) is -2.58. The van der Waals surface area contributed by atoms with E-state index in [0.717, 1.165) is 0 Å². The van der Waals surface area contributed by atoms with Gasteiger partial charge in [-0.1, -0.05) is 41.9 Å². The summed E-state index contributed by atoms with van der Waals surface area (Å²) in [5, 5.41) is 13.0. The number of hydrogen-bond acceptors (Lipinski definition) is 5. The van der Waals surface area contributed by atoms with Gasteiger partial charge in [-0.15, -0.1) is 0 Å². The summed E-state index contributed by atoms with van der Waals surface area (Å²) >= 11 is 5.91. The van der Waals surface area contributed by atoms with Crippen molar-refractivity contribution in [1.29, 1.82) is 0 Å². The van der Waals surface area contributed by atoms with Gasteiger partial charge >= 0.3 is 5.97 Å². The van der Waals surface area contributed by atoms with Gasteiger partial charge in [-0.3, -0.25) is 4.79 Å². The number of methoxy groups -OCH3 is 1. The van der Waals surface area contributed by atoms with Gasteiger partial charge in [0.2, 0.25) is 0 Å². The first-order valence-corrected chi connectivity index (χ1v) is 7.88. The Labute approximate surface area is 150 Å². The molecular formula is C18H18ClNO5. The normalized spacial score (nSPS) is 12.8. The smallest absolute Gasteiger partial charge is 0.340 e. The summed E-state index contributed by atoms with van der Waals surface area (Å²) in [7, 11) is 1.46. The zero-order valence-electron chi connectivity index (χ0n) is 13.7. The Morgan fingerprint density at radius 3 is 2.48 bits per heavy atom. The van der Waals surface area contributed by atoms with Crippen LogP contribution in [0.1, 0.15) is 18.6 Å². The van der Waals surface area contributed by atoms with E-state index in [1.165, 1.54) is 20.1 Å². The van der Waals surface area contributed by atoms with Crippen molar-refractivity contribution in [2.45, 2.75) is 19.1 Å². The Morgan fingerprint density at radius 1 is 1.16 bits per heavy atom. The summed E-state index contributed by atoms with van der Waals surface area (Å²) < 4.78 is 10.2. The molecule has 6 nitrogen and oxygen atoms in total. The van der Waals surface area contributed by atoms with Crippen molar-refractivity contribution < 1.29 is 24.2 Å². The topological polar surface area (TPSA) is 84.9 Å². The van der Waals surface area contributed by atoms with Crippen LogP contribution in [0.5, 0.6) is 5.75 Å². The van der Waals surface area contributed by atoms with Crippen molar-refractivity contribution >= 4 is 29.2 Å². The molecule has 132 valence electrons. The maximum Gasteiger partial charge on any atom is 0.340 e. The monoisotopic (exact) mass is 363 g/mol. The predicted octanol–water partition coefficient (Wildman–Crippen LogP) is 2.95. The number of benzene rings is 2. The van der Waals surface area contributed by atoms with Gasteiger partial charge in [0.15, 0.2) is 12.2 Å². The number of esters is 1. The minimum Gasteiger partial charge on any atom is -0.495 e. The summed E-state index contributed by atoms with van der Waals surface area (Å²) in [6, 6.07) is 13.1. The molecule has 1 amide bonds. The SMILES string of the molecule is COc1ccc(Cl)cc1NC(=O)[C@@H](C)OC(=O)[C@H](O)c1ccccc1. The van der Waals surface area contributed by atoms with Gasteiger partial charge in [-0.25, -0.2) is 4.79 Å². The fourth-order valence-corrected chi connectivity index (χ4v) is 2.25. The quantitative estimate of drug-likeness (QED) is 0.771. The first kappa shape index (κ1) is 18.8. The molecule has 0 fully saturated rings. The van der Waals surface area contributed by atoms with Crippen LogP contribution in [0.2, 0.25) is 5.02 Å². The van der Waals surface area contributed by atoms with E-state index >= 15 is 0 Å². The van der Waals surface area contributed by atoms with Crippen LogP contribution >= 0.6 is 11.6 Å². The van der Waals surface area contributed by atoms with Gasteiger partial charge in [0, 0.05) is 5.02 Å². The van der Waals surface area contributed by atoms with Gasteiger partial charge in [-0.2, -0.15) is 0 Å². The molecule has 0 aliphatic carbocycles. The number of hydrogen-bond donors (Lipinski definition) is 2. The highest BCUT2D eigenvalue weighted by molar-refractivity contribution is 6.31. The molecule has 7 heteroatoms. The molecule has 0 heterocycles. The highest BCUT2D eigenvalue weighted by Crippen LogP contribution is 2.28. The number of ether oxygens (including phenoxy) is 2. The molecule has 0 spiro atoms. The maximum absolute atomic E-state index is 12.2. The van der Waals surface area contributed by atoms with Crippen molar-refractivity contribution in [3.05, 3.63) is 59.1 Å². The first-order chi connectivity index (χ1) is 11.9. The number of rotatable bonds is 6. The lowest BCUT2D eigenvalue weighted by Crippen LogP contribution is -2.32. The molecule has 2 aromatic carbocycles. The van der Waals surface area contributed by atoms with Gasteiger partial charge < -0.3 is 19.9 Å². The fourth-order valence-electron chi connectivity index (χ4n) is 2.08. The first-order valence-electron chi connectivity index (χ1n) is 7.50. The molecule has 0 saturated carbocycles. The summed E-state index contributed by atoms with van der Waals surface area (Å²) in [4.78, 5) is 24.2. The molecule has 2 N–H and O–H groups in total.